The molecule has 35 heavy (non-hydrogen) atoms. The minimum Gasteiger partial charge on any atom is -0.507 e. The molecule has 0 spiro atoms. The molecule has 0 fully saturated rings. The van der Waals surface area contributed by atoms with Crippen molar-refractivity contribution in [1.29, 1.82) is 0 Å². The predicted octanol–water partition coefficient (Wildman–Crippen LogP) is 6.63. The summed E-state index contributed by atoms with van der Waals surface area (Å²) in [5, 5.41) is 10.1. The number of phenolic OH excluding ortho intramolecular Hbond substituents is 1. The van der Waals surface area contributed by atoms with E-state index in [0.29, 0.717) is 39.0 Å². The van der Waals surface area contributed by atoms with Crippen molar-refractivity contribution in [3.8, 4) is 39.8 Å². The maximum absolute atomic E-state index is 15.0. The van der Waals surface area contributed by atoms with E-state index in [1.165, 1.54) is 13.2 Å². The summed E-state index contributed by atoms with van der Waals surface area (Å²) >= 11 is 0. The molecule has 4 aromatic carbocycles. The van der Waals surface area contributed by atoms with Gasteiger partial charge in [0, 0.05) is 17.2 Å². The molecule has 0 atom stereocenters. The Morgan fingerprint density at radius 2 is 1.66 bits per heavy atom. The van der Waals surface area contributed by atoms with Crippen molar-refractivity contribution in [2.75, 3.05) is 7.11 Å². The van der Waals surface area contributed by atoms with Gasteiger partial charge in [-0.25, -0.2) is 9.18 Å². The van der Waals surface area contributed by atoms with Crippen molar-refractivity contribution in [2.45, 2.75) is 6.92 Å². The molecule has 5 aromatic rings. The number of aromatic hydroxyl groups is 1. The highest BCUT2D eigenvalue weighted by Gasteiger charge is 2.15. The van der Waals surface area contributed by atoms with Gasteiger partial charge in [0.15, 0.2) is 0 Å². The number of imidazole rings is 1. The van der Waals surface area contributed by atoms with Crippen LogP contribution in [0.15, 0.2) is 78.9 Å². The Balaban J connectivity index is 1.44. The standard InChI is InChI=1S/C28H21FN2O4/c1-16-7-12-19(13-21(16)27(33)34-2)35-28-30-24-14-22(23(29)15-25(24)31-28)18-10-8-17(9-11-18)20-5-3-4-6-26(20)32/h3-15,32H,1-2H3,(H,30,31). The Bertz CT molecular complexity index is 1560. The van der Waals surface area contributed by atoms with Gasteiger partial charge in [0.1, 0.15) is 17.3 Å². The Hall–Kier alpha value is -4.65. The molecule has 2 N–H and O–H groups in total. The second-order valence-corrected chi connectivity index (χ2v) is 8.06. The molecular weight excluding hydrogens is 447 g/mol. The van der Waals surface area contributed by atoms with E-state index in [2.05, 4.69) is 9.97 Å². The molecule has 0 saturated carbocycles. The summed E-state index contributed by atoms with van der Waals surface area (Å²) in [5.74, 6) is -0.288. The number of H-pyrrole nitrogens is 1. The highest BCUT2D eigenvalue weighted by molar-refractivity contribution is 5.91. The van der Waals surface area contributed by atoms with Gasteiger partial charge >= 0.3 is 5.97 Å². The third-order valence-corrected chi connectivity index (χ3v) is 5.79. The van der Waals surface area contributed by atoms with Gasteiger partial charge in [0.05, 0.1) is 23.7 Å². The molecule has 0 aliphatic carbocycles. The van der Waals surface area contributed by atoms with E-state index in [4.69, 9.17) is 9.47 Å². The number of ether oxygens (including phenoxy) is 2. The van der Waals surface area contributed by atoms with Crippen LogP contribution in [0.4, 0.5) is 4.39 Å². The van der Waals surface area contributed by atoms with Gasteiger partial charge < -0.3 is 19.6 Å². The van der Waals surface area contributed by atoms with Crippen molar-refractivity contribution in [3.05, 3.63) is 95.8 Å². The molecule has 174 valence electrons. The lowest BCUT2D eigenvalue weighted by Gasteiger charge is -2.07. The Morgan fingerprint density at radius 3 is 2.37 bits per heavy atom. The van der Waals surface area contributed by atoms with E-state index >= 15 is 0 Å². The number of aromatic amines is 1. The van der Waals surface area contributed by atoms with Crippen molar-refractivity contribution in [3.63, 3.8) is 0 Å². The van der Waals surface area contributed by atoms with Gasteiger partial charge in [-0.3, -0.25) is 0 Å². The fraction of sp³-hybridized carbons (Fsp3) is 0.0714. The molecule has 0 saturated heterocycles. The van der Waals surface area contributed by atoms with Gasteiger partial charge in [0.2, 0.25) is 0 Å². The van der Waals surface area contributed by atoms with E-state index in [-0.39, 0.29) is 11.8 Å². The molecule has 6 nitrogen and oxygen atoms in total. The van der Waals surface area contributed by atoms with Crippen molar-refractivity contribution in [2.24, 2.45) is 0 Å². The molecule has 0 aliphatic rings. The topological polar surface area (TPSA) is 84.4 Å². The van der Waals surface area contributed by atoms with Gasteiger partial charge in [-0.1, -0.05) is 48.5 Å². The number of aryl methyl sites for hydroxylation is 1. The molecule has 0 bridgehead atoms. The number of carbonyl (C=O) groups is 1. The average Bonchev–Trinajstić information content (AvgIpc) is 3.25. The maximum Gasteiger partial charge on any atom is 0.338 e. The van der Waals surface area contributed by atoms with E-state index in [0.717, 1.165) is 11.1 Å². The first-order valence-corrected chi connectivity index (χ1v) is 10.9. The fourth-order valence-electron chi connectivity index (χ4n) is 3.93. The molecule has 1 aromatic heterocycles. The van der Waals surface area contributed by atoms with Crippen LogP contribution in [0.3, 0.4) is 0 Å². The minimum atomic E-state index is -0.460. The lowest BCUT2D eigenvalue weighted by molar-refractivity contribution is 0.0599. The molecule has 0 aliphatic heterocycles. The number of aromatic nitrogens is 2. The van der Waals surface area contributed by atoms with Crippen LogP contribution in [0, 0.1) is 12.7 Å². The number of hydrogen-bond acceptors (Lipinski definition) is 5. The Morgan fingerprint density at radius 1 is 0.943 bits per heavy atom. The normalized spacial score (nSPS) is 10.9. The highest BCUT2D eigenvalue weighted by atomic mass is 19.1. The third-order valence-electron chi connectivity index (χ3n) is 5.79. The summed E-state index contributed by atoms with van der Waals surface area (Å²) < 4.78 is 25.6. The first-order chi connectivity index (χ1) is 16.9. The van der Waals surface area contributed by atoms with Crippen LogP contribution >= 0.6 is 0 Å². The number of nitrogens with zero attached hydrogens (tertiary/aromatic N) is 1. The number of esters is 1. The number of carbonyl (C=O) groups excluding carboxylic acids is 1. The summed E-state index contributed by atoms with van der Waals surface area (Å²) in [5.41, 5.74) is 4.76. The van der Waals surface area contributed by atoms with Crippen LogP contribution in [-0.4, -0.2) is 28.2 Å². The third kappa shape index (κ3) is 4.31. The van der Waals surface area contributed by atoms with Crippen molar-refractivity contribution >= 4 is 17.0 Å². The van der Waals surface area contributed by atoms with Crippen LogP contribution in [-0.2, 0) is 4.74 Å². The lowest BCUT2D eigenvalue weighted by atomic mass is 9.99. The fourth-order valence-corrected chi connectivity index (χ4v) is 3.93. The van der Waals surface area contributed by atoms with Gasteiger partial charge in [0.25, 0.3) is 6.01 Å². The zero-order valence-electron chi connectivity index (χ0n) is 19.0. The zero-order valence-corrected chi connectivity index (χ0v) is 19.0. The number of halogens is 1. The van der Waals surface area contributed by atoms with Crippen LogP contribution in [0.2, 0.25) is 0 Å². The van der Waals surface area contributed by atoms with Crippen molar-refractivity contribution < 1.29 is 23.8 Å². The average molecular weight is 468 g/mol. The van der Waals surface area contributed by atoms with Crippen LogP contribution < -0.4 is 4.74 Å². The van der Waals surface area contributed by atoms with Crippen LogP contribution in [0.5, 0.6) is 17.5 Å². The summed E-state index contributed by atoms with van der Waals surface area (Å²) in [6.07, 6.45) is 0. The number of nitrogens with one attached hydrogen (secondary N) is 1. The number of rotatable bonds is 5. The molecule has 0 amide bonds. The van der Waals surface area contributed by atoms with Gasteiger partial charge in [-0.05, 0) is 47.9 Å². The molecule has 0 unspecified atom stereocenters. The Labute approximate surface area is 200 Å². The number of hydrogen-bond donors (Lipinski definition) is 2. The predicted molar refractivity (Wildman–Crippen MR) is 131 cm³/mol. The molecular formula is C28H21FN2O4. The van der Waals surface area contributed by atoms with Gasteiger partial charge in [-0.15, -0.1) is 0 Å². The lowest BCUT2D eigenvalue weighted by Crippen LogP contribution is -2.04. The van der Waals surface area contributed by atoms with Crippen molar-refractivity contribution in [1.82, 2.24) is 9.97 Å². The monoisotopic (exact) mass is 468 g/mol. The number of para-hydroxylation sites is 1. The molecule has 1 heterocycles. The highest BCUT2D eigenvalue weighted by Crippen LogP contribution is 2.33. The van der Waals surface area contributed by atoms with Gasteiger partial charge in [-0.2, -0.15) is 4.98 Å². The first-order valence-electron chi connectivity index (χ1n) is 10.9. The largest absolute Gasteiger partial charge is 0.507 e. The molecule has 7 heteroatoms. The second-order valence-electron chi connectivity index (χ2n) is 8.06. The SMILES string of the molecule is COC(=O)c1cc(Oc2nc3cc(-c4ccc(-c5ccccc5O)cc4)c(F)cc3[nH]2)ccc1C. The number of fused-ring (bicyclic) bond motifs is 1. The van der Waals surface area contributed by atoms with Crippen LogP contribution in [0.25, 0.3) is 33.3 Å². The minimum absolute atomic E-state index is 0.172. The van der Waals surface area contributed by atoms with E-state index in [1.54, 1.807) is 55.5 Å². The Kier molecular flexibility index (Phi) is 5.66. The van der Waals surface area contributed by atoms with E-state index < -0.39 is 11.8 Å². The van der Waals surface area contributed by atoms with E-state index in [9.17, 15) is 14.3 Å². The van der Waals surface area contributed by atoms with E-state index in [1.807, 2.05) is 24.3 Å². The summed E-state index contributed by atoms with van der Waals surface area (Å²) in [4.78, 5) is 19.3. The summed E-state index contributed by atoms with van der Waals surface area (Å²) in [7, 11) is 1.32. The maximum atomic E-state index is 15.0. The quantitative estimate of drug-likeness (QED) is 0.283. The summed E-state index contributed by atoms with van der Waals surface area (Å²) in [6, 6.07) is 22.6. The number of methoxy groups -OCH3 is 1. The number of benzene rings is 4. The molecule has 5 rings (SSSR count). The second kappa shape index (κ2) is 8.95. The number of phenols is 1. The van der Waals surface area contributed by atoms with Crippen LogP contribution in [0.1, 0.15) is 15.9 Å². The first kappa shape index (κ1) is 22.2. The smallest absolute Gasteiger partial charge is 0.338 e. The summed E-state index contributed by atoms with van der Waals surface area (Å²) in [6.45, 7) is 1.80. The zero-order chi connectivity index (χ0) is 24.5. The molecule has 0 radical (unpaired) electrons.